The molecule has 0 aromatic rings. The van der Waals surface area contributed by atoms with E-state index in [0.717, 1.165) is 0 Å². The zero-order valence-corrected chi connectivity index (χ0v) is 14.5. The van der Waals surface area contributed by atoms with E-state index in [1.807, 2.05) is 0 Å². The minimum Gasteiger partial charge on any atom is -0.481 e. The maximum atomic E-state index is 11.8. The molecule has 0 aliphatic rings. The first kappa shape index (κ1) is 23.5. The van der Waals surface area contributed by atoms with Gasteiger partial charge in [-0.2, -0.15) is 0 Å². The minimum absolute atomic E-state index is 0.0590. The molecule has 0 heterocycles. The Hall–Kier alpha value is -2.46. The smallest absolute Gasteiger partial charge is 0.308 e. The predicted octanol–water partition coefficient (Wildman–Crippen LogP) is 0.261. The first-order valence-corrected chi connectivity index (χ1v) is 7.77. The van der Waals surface area contributed by atoms with Gasteiger partial charge in [0, 0.05) is 13.7 Å². The molecule has 0 saturated carbocycles. The third-order valence-corrected chi connectivity index (χ3v) is 3.53. The number of carboxylic acids is 3. The molecule has 0 aliphatic heterocycles. The monoisotopic (exact) mass is 376 g/mol. The number of hydrogen-bond donors (Lipinski definition) is 3. The lowest BCUT2D eigenvalue weighted by atomic mass is 9.78. The van der Waals surface area contributed by atoms with E-state index in [2.05, 4.69) is 6.58 Å². The van der Waals surface area contributed by atoms with Crippen molar-refractivity contribution in [2.75, 3.05) is 33.5 Å². The summed E-state index contributed by atoms with van der Waals surface area (Å²) < 4.78 is 14.5. The molecule has 26 heavy (non-hydrogen) atoms. The summed E-state index contributed by atoms with van der Waals surface area (Å²) in [5.74, 6) is -10.8. The topological polar surface area (TPSA) is 157 Å². The highest BCUT2D eigenvalue weighted by Gasteiger charge is 2.44. The molecule has 0 aromatic carbocycles. The Balaban J connectivity index is 5.09. The summed E-state index contributed by atoms with van der Waals surface area (Å²) >= 11 is 0. The number of carbonyl (C=O) groups is 4. The second-order valence-electron chi connectivity index (χ2n) is 5.32. The normalized spacial score (nSPS) is 14.0. The van der Waals surface area contributed by atoms with Gasteiger partial charge >= 0.3 is 23.9 Å². The zero-order chi connectivity index (χ0) is 20.1. The van der Waals surface area contributed by atoms with Gasteiger partial charge in [0.25, 0.3) is 0 Å². The average molecular weight is 376 g/mol. The Morgan fingerprint density at radius 2 is 1.58 bits per heavy atom. The fourth-order valence-electron chi connectivity index (χ4n) is 2.31. The van der Waals surface area contributed by atoms with Crippen molar-refractivity contribution in [3.63, 3.8) is 0 Å². The molecule has 3 unspecified atom stereocenters. The number of methoxy groups -OCH3 is 1. The number of ether oxygens (including phenoxy) is 3. The van der Waals surface area contributed by atoms with Gasteiger partial charge < -0.3 is 29.5 Å². The summed E-state index contributed by atoms with van der Waals surface area (Å²) in [7, 11) is 1.30. The molecular weight excluding hydrogens is 352 g/mol. The van der Waals surface area contributed by atoms with E-state index in [0.29, 0.717) is 0 Å². The number of hydrogen-bond acceptors (Lipinski definition) is 7. The lowest BCUT2D eigenvalue weighted by molar-refractivity contribution is -0.166. The van der Waals surface area contributed by atoms with Gasteiger partial charge in [0.05, 0.1) is 37.4 Å². The summed E-state index contributed by atoms with van der Waals surface area (Å²) in [4.78, 5) is 46.2. The van der Waals surface area contributed by atoms with Crippen LogP contribution in [0, 0.1) is 17.8 Å². The van der Waals surface area contributed by atoms with Gasteiger partial charge in [0.15, 0.2) is 0 Å². The second kappa shape index (κ2) is 12.8. The van der Waals surface area contributed by atoms with Crippen molar-refractivity contribution in [2.45, 2.75) is 12.8 Å². The van der Waals surface area contributed by atoms with Crippen LogP contribution in [0.2, 0.25) is 0 Å². The summed E-state index contributed by atoms with van der Waals surface area (Å²) in [5.41, 5.74) is 0. The number of carbonyl (C=O) groups excluding carboxylic acids is 1. The molecule has 0 amide bonds. The van der Waals surface area contributed by atoms with Crippen molar-refractivity contribution in [1.82, 2.24) is 0 Å². The zero-order valence-electron chi connectivity index (χ0n) is 14.5. The van der Waals surface area contributed by atoms with Crippen molar-refractivity contribution >= 4 is 23.9 Å². The van der Waals surface area contributed by atoms with Gasteiger partial charge in [-0.25, -0.2) is 0 Å². The van der Waals surface area contributed by atoms with E-state index >= 15 is 0 Å². The van der Waals surface area contributed by atoms with Crippen LogP contribution in [0.15, 0.2) is 12.7 Å². The van der Waals surface area contributed by atoms with Crippen LogP contribution in [0.5, 0.6) is 0 Å². The maximum absolute atomic E-state index is 11.8. The largest absolute Gasteiger partial charge is 0.481 e. The van der Waals surface area contributed by atoms with Gasteiger partial charge in [-0.15, -0.1) is 6.58 Å². The molecule has 148 valence electrons. The number of rotatable bonds is 15. The Bertz CT molecular complexity index is 501. The Morgan fingerprint density at radius 1 is 0.962 bits per heavy atom. The third-order valence-electron chi connectivity index (χ3n) is 3.53. The number of esters is 1. The molecule has 3 N–H and O–H groups in total. The van der Waals surface area contributed by atoms with Gasteiger partial charge in [0.1, 0.15) is 6.61 Å². The van der Waals surface area contributed by atoms with Crippen LogP contribution in [0.25, 0.3) is 0 Å². The first-order chi connectivity index (χ1) is 12.3. The standard InChI is InChI=1S/C16H24O10/c1-3-5-25-7-8-26-12(17)9-11(15(20)21)13(16(22)23)10(14(18)19)4-6-24-2/h3,10-11,13H,1,4-9H2,2H3,(H,18,19)(H,20,21)(H,22,23). The summed E-state index contributed by atoms with van der Waals surface area (Å²) in [6, 6.07) is 0. The highest BCUT2D eigenvalue weighted by Crippen LogP contribution is 2.28. The summed E-state index contributed by atoms with van der Waals surface area (Å²) in [6.07, 6.45) is 0.507. The van der Waals surface area contributed by atoms with Crippen LogP contribution in [0.3, 0.4) is 0 Å². The molecule has 0 fully saturated rings. The molecule has 10 nitrogen and oxygen atoms in total. The summed E-state index contributed by atoms with van der Waals surface area (Å²) in [6.45, 7) is 3.51. The molecule has 0 rings (SSSR count). The molecular formula is C16H24O10. The average Bonchev–Trinajstić information content (AvgIpc) is 2.56. The molecule has 0 radical (unpaired) electrons. The molecule has 0 spiro atoms. The van der Waals surface area contributed by atoms with Crippen LogP contribution in [-0.4, -0.2) is 72.7 Å². The fraction of sp³-hybridized carbons (Fsp3) is 0.625. The Morgan fingerprint density at radius 3 is 2.04 bits per heavy atom. The van der Waals surface area contributed by atoms with E-state index < -0.39 is 48.1 Å². The van der Waals surface area contributed by atoms with Crippen LogP contribution in [0.1, 0.15) is 12.8 Å². The fourth-order valence-corrected chi connectivity index (χ4v) is 2.31. The van der Waals surface area contributed by atoms with E-state index in [9.17, 15) is 34.5 Å². The molecule has 0 aromatic heterocycles. The van der Waals surface area contributed by atoms with Crippen molar-refractivity contribution < 1.29 is 48.7 Å². The molecule has 10 heteroatoms. The van der Waals surface area contributed by atoms with Gasteiger partial charge in [-0.1, -0.05) is 6.08 Å². The third kappa shape index (κ3) is 8.58. The molecule has 0 bridgehead atoms. The van der Waals surface area contributed by atoms with Crippen molar-refractivity contribution in [2.24, 2.45) is 17.8 Å². The maximum Gasteiger partial charge on any atom is 0.308 e. The second-order valence-corrected chi connectivity index (χ2v) is 5.32. The Labute approximate surface area is 150 Å². The number of carboxylic acid groups (broad SMARTS) is 3. The predicted molar refractivity (Wildman–Crippen MR) is 86.5 cm³/mol. The van der Waals surface area contributed by atoms with E-state index in [1.165, 1.54) is 13.2 Å². The van der Waals surface area contributed by atoms with Crippen LogP contribution < -0.4 is 0 Å². The van der Waals surface area contributed by atoms with Gasteiger partial charge in [0.2, 0.25) is 0 Å². The van der Waals surface area contributed by atoms with Crippen molar-refractivity contribution in [1.29, 1.82) is 0 Å². The van der Waals surface area contributed by atoms with Gasteiger partial charge in [-0.3, -0.25) is 19.2 Å². The van der Waals surface area contributed by atoms with E-state index in [4.69, 9.17) is 14.2 Å². The Kier molecular flexibility index (Phi) is 11.6. The lowest BCUT2D eigenvalue weighted by Crippen LogP contribution is -2.40. The minimum atomic E-state index is -1.82. The van der Waals surface area contributed by atoms with E-state index in [1.54, 1.807) is 0 Å². The SMILES string of the molecule is C=CCOCCOC(=O)CC(C(=O)O)C(C(=O)O)C(CCOC)C(=O)O. The van der Waals surface area contributed by atoms with Crippen LogP contribution in [-0.2, 0) is 33.4 Å². The van der Waals surface area contributed by atoms with Gasteiger partial charge in [-0.05, 0) is 6.42 Å². The number of aliphatic carboxylic acids is 3. The molecule has 0 saturated heterocycles. The highest BCUT2D eigenvalue weighted by molar-refractivity contribution is 5.87. The van der Waals surface area contributed by atoms with Crippen molar-refractivity contribution in [3.05, 3.63) is 12.7 Å². The van der Waals surface area contributed by atoms with E-state index in [-0.39, 0.29) is 32.8 Å². The summed E-state index contributed by atoms with van der Waals surface area (Å²) in [5, 5.41) is 27.9. The lowest BCUT2D eigenvalue weighted by Gasteiger charge is -2.25. The molecule has 0 aliphatic carbocycles. The highest BCUT2D eigenvalue weighted by atomic mass is 16.6. The van der Waals surface area contributed by atoms with Crippen molar-refractivity contribution in [3.8, 4) is 0 Å². The first-order valence-electron chi connectivity index (χ1n) is 7.77. The van der Waals surface area contributed by atoms with Crippen LogP contribution in [0.4, 0.5) is 0 Å². The molecule has 3 atom stereocenters. The quantitative estimate of drug-likeness (QED) is 0.206. The van der Waals surface area contributed by atoms with Crippen LogP contribution >= 0.6 is 0 Å².